The average Bonchev–Trinajstić information content (AvgIpc) is 3.39. The number of carbonyl (C=O) groups excluding carboxylic acids is 1. The van der Waals surface area contributed by atoms with Crippen molar-refractivity contribution in [3.05, 3.63) is 64.3 Å². The summed E-state index contributed by atoms with van der Waals surface area (Å²) in [6, 6.07) is 13.2. The van der Waals surface area contributed by atoms with E-state index in [-0.39, 0.29) is 23.2 Å². The number of hydrogen-bond donors (Lipinski definition) is 1. The fraction of sp³-hybridized carbons (Fsp3) is 0.375. The van der Waals surface area contributed by atoms with Crippen LogP contribution in [0.1, 0.15) is 16.1 Å². The minimum absolute atomic E-state index is 0. The molecule has 0 unspecified atom stereocenters. The maximum atomic E-state index is 13.2. The Hall–Kier alpha value is -3.32. The van der Waals surface area contributed by atoms with Crippen molar-refractivity contribution in [1.82, 2.24) is 20.5 Å². The number of amides is 1. The molecule has 3 N–H and O–H groups in total. The second-order valence-electron chi connectivity index (χ2n) is 7.87. The average molecular weight is 487 g/mol. The minimum Gasteiger partial charge on any atom is -0.459 e. The third-order valence-corrected chi connectivity index (χ3v) is 5.64. The quantitative estimate of drug-likeness (QED) is 0.550. The molecule has 0 radical (unpaired) electrons. The summed E-state index contributed by atoms with van der Waals surface area (Å²) in [5.74, 6) is 0.175. The molecule has 1 aliphatic heterocycles. The van der Waals surface area contributed by atoms with Crippen LogP contribution < -0.4 is 16.6 Å². The van der Waals surface area contributed by atoms with Crippen molar-refractivity contribution in [3.63, 3.8) is 0 Å². The molecule has 1 fully saturated rings. The molecular formula is C24H31ClN6O3. The first-order valence-corrected chi connectivity index (χ1v) is 11.4. The van der Waals surface area contributed by atoms with Crippen molar-refractivity contribution in [1.29, 1.82) is 5.26 Å². The highest BCUT2D eigenvalue weighted by molar-refractivity contribution is 6.15. The summed E-state index contributed by atoms with van der Waals surface area (Å²) in [5, 5.41) is 10.8. The normalized spacial score (nSPS) is 13.2. The van der Waals surface area contributed by atoms with Gasteiger partial charge in [0, 0.05) is 51.0 Å². The molecule has 3 heterocycles. The molecule has 1 saturated heterocycles. The molecule has 2 aromatic heterocycles. The lowest BCUT2D eigenvalue weighted by molar-refractivity contribution is 0.0715. The number of piperazine rings is 1. The summed E-state index contributed by atoms with van der Waals surface area (Å²) in [4.78, 5) is 31.6. The SMILES string of the molecule is CCl.CN(C)CCn1c(=O)c(C#N)c(N2CCN(C(=O)c3ccco3)CC2)c2ccccc21.N. The molecule has 34 heavy (non-hydrogen) atoms. The number of nitrogens with zero attached hydrogens (tertiary/aromatic N) is 5. The zero-order chi connectivity index (χ0) is 24.0. The number of nitriles is 1. The number of rotatable bonds is 5. The Bertz CT molecular complexity index is 1190. The van der Waals surface area contributed by atoms with Crippen LogP contribution in [0.15, 0.2) is 51.9 Å². The van der Waals surface area contributed by atoms with E-state index < -0.39 is 0 Å². The molecule has 0 spiro atoms. The third-order valence-electron chi connectivity index (χ3n) is 5.64. The molecule has 1 amide bonds. The summed E-state index contributed by atoms with van der Waals surface area (Å²) in [6.45, 7) is 3.25. The highest BCUT2D eigenvalue weighted by Crippen LogP contribution is 2.29. The molecule has 1 aromatic carbocycles. The van der Waals surface area contributed by atoms with Crippen molar-refractivity contribution in [2.45, 2.75) is 6.54 Å². The number of likely N-dealkylation sites (N-methyl/N-ethyl adjacent to an activating group) is 1. The number of fused-ring (bicyclic) bond motifs is 1. The van der Waals surface area contributed by atoms with Gasteiger partial charge in [-0.25, -0.2) is 0 Å². The summed E-state index contributed by atoms with van der Waals surface area (Å²) >= 11 is 4.64. The van der Waals surface area contributed by atoms with Crippen molar-refractivity contribution in [3.8, 4) is 6.07 Å². The Labute approximate surface area is 204 Å². The number of pyridine rings is 1. The molecule has 10 heteroatoms. The number of aromatic nitrogens is 1. The van der Waals surface area contributed by atoms with Gasteiger partial charge in [0.05, 0.1) is 17.5 Å². The van der Waals surface area contributed by atoms with E-state index in [4.69, 9.17) is 4.42 Å². The molecule has 3 aromatic rings. The zero-order valence-corrected chi connectivity index (χ0v) is 20.6. The number of furan rings is 1. The van der Waals surface area contributed by atoms with Crippen LogP contribution in [0.2, 0.25) is 0 Å². The van der Waals surface area contributed by atoms with E-state index in [0.717, 1.165) is 10.9 Å². The van der Waals surface area contributed by atoms with E-state index >= 15 is 0 Å². The highest BCUT2D eigenvalue weighted by Gasteiger charge is 2.27. The number of hydrogen-bond acceptors (Lipinski definition) is 7. The smallest absolute Gasteiger partial charge is 0.289 e. The van der Waals surface area contributed by atoms with Crippen molar-refractivity contribution < 1.29 is 9.21 Å². The number of para-hydroxylation sites is 1. The van der Waals surface area contributed by atoms with Crippen LogP contribution in [0.25, 0.3) is 10.9 Å². The van der Waals surface area contributed by atoms with E-state index in [1.807, 2.05) is 48.2 Å². The monoisotopic (exact) mass is 486 g/mol. The van der Waals surface area contributed by atoms with Gasteiger partial charge in [0.15, 0.2) is 5.76 Å². The summed E-state index contributed by atoms with van der Waals surface area (Å²) in [6.07, 6.45) is 2.96. The molecule has 0 atom stereocenters. The largest absolute Gasteiger partial charge is 0.459 e. The number of halogens is 1. The number of alkyl halides is 1. The van der Waals surface area contributed by atoms with Gasteiger partial charge in [-0.1, -0.05) is 18.2 Å². The zero-order valence-electron chi connectivity index (χ0n) is 19.8. The molecule has 0 aliphatic carbocycles. The van der Waals surface area contributed by atoms with Crippen LogP contribution in [-0.4, -0.2) is 73.5 Å². The maximum absolute atomic E-state index is 13.2. The van der Waals surface area contributed by atoms with Crippen LogP contribution in [0.3, 0.4) is 0 Å². The van der Waals surface area contributed by atoms with Gasteiger partial charge in [0.1, 0.15) is 11.6 Å². The number of benzene rings is 1. The van der Waals surface area contributed by atoms with Gasteiger partial charge in [0.2, 0.25) is 0 Å². The molecule has 1 aliphatic rings. The van der Waals surface area contributed by atoms with Gasteiger partial charge in [-0.15, -0.1) is 11.6 Å². The second-order valence-corrected chi connectivity index (χ2v) is 7.87. The molecule has 182 valence electrons. The predicted octanol–water partition coefficient (Wildman–Crippen LogP) is 3.01. The van der Waals surface area contributed by atoms with E-state index in [9.17, 15) is 14.9 Å². The first-order chi connectivity index (χ1) is 16.0. The number of anilines is 1. The van der Waals surface area contributed by atoms with Crippen LogP contribution in [0.4, 0.5) is 5.69 Å². The Morgan fingerprint density at radius 1 is 1.12 bits per heavy atom. The van der Waals surface area contributed by atoms with E-state index in [1.165, 1.54) is 12.6 Å². The van der Waals surface area contributed by atoms with Gasteiger partial charge < -0.3 is 29.8 Å². The molecular weight excluding hydrogens is 456 g/mol. The Balaban J connectivity index is 0.00000133. The van der Waals surface area contributed by atoms with Crippen LogP contribution in [-0.2, 0) is 6.54 Å². The summed E-state index contributed by atoms with van der Waals surface area (Å²) in [5.41, 5.74) is 1.36. The fourth-order valence-corrected chi connectivity index (χ4v) is 4.03. The topological polar surface area (TPSA) is 121 Å². The Kier molecular flexibility index (Phi) is 9.69. The van der Waals surface area contributed by atoms with Crippen LogP contribution in [0.5, 0.6) is 0 Å². The predicted molar refractivity (Wildman–Crippen MR) is 135 cm³/mol. The van der Waals surface area contributed by atoms with Gasteiger partial charge in [-0.05, 0) is 32.3 Å². The minimum atomic E-state index is -0.271. The van der Waals surface area contributed by atoms with E-state index in [0.29, 0.717) is 50.7 Å². The fourth-order valence-electron chi connectivity index (χ4n) is 4.03. The molecule has 0 saturated carbocycles. The van der Waals surface area contributed by atoms with E-state index in [1.54, 1.807) is 21.6 Å². The van der Waals surface area contributed by atoms with Crippen molar-refractivity contribution in [2.75, 3.05) is 58.1 Å². The molecule has 4 rings (SSSR count). The van der Waals surface area contributed by atoms with E-state index in [2.05, 4.69) is 17.7 Å². The first-order valence-electron chi connectivity index (χ1n) is 10.7. The van der Waals surface area contributed by atoms with Crippen LogP contribution >= 0.6 is 11.6 Å². The molecule has 0 bridgehead atoms. The standard InChI is InChI=1S/C23H25N5O3.CH3Cl.H3N/c1-25(2)9-14-28-19-7-4-3-6-17(19)21(18(16-24)22(28)29)26-10-12-27(13-11-26)23(30)20-8-5-15-31-20;1-2;/h3-8,15H,9-14H2,1-2H3;1H3;1H3. The van der Waals surface area contributed by atoms with Gasteiger partial charge in [-0.3, -0.25) is 9.59 Å². The Morgan fingerprint density at radius 2 is 1.79 bits per heavy atom. The molecule has 9 nitrogen and oxygen atoms in total. The lowest BCUT2D eigenvalue weighted by atomic mass is 10.1. The highest BCUT2D eigenvalue weighted by atomic mass is 35.5. The van der Waals surface area contributed by atoms with Gasteiger partial charge >= 0.3 is 0 Å². The summed E-state index contributed by atoms with van der Waals surface area (Å²) in [7, 11) is 3.91. The first kappa shape index (κ1) is 26.9. The van der Waals surface area contributed by atoms with Crippen molar-refractivity contribution in [2.24, 2.45) is 0 Å². The third kappa shape index (κ3) is 5.42. The van der Waals surface area contributed by atoms with Crippen LogP contribution in [0, 0.1) is 11.3 Å². The second kappa shape index (κ2) is 12.2. The lowest BCUT2D eigenvalue weighted by Crippen LogP contribution is -2.49. The summed E-state index contributed by atoms with van der Waals surface area (Å²) < 4.78 is 6.92. The van der Waals surface area contributed by atoms with Crippen molar-refractivity contribution >= 4 is 34.1 Å². The van der Waals surface area contributed by atoms with Gasteiger partial charge in [0.25, 0.3) is 11.5 Å². The maximum Gasteiger partial charge on any atom is 0.289 e. The van der Waals surface area contributed by atoms with Gasteiger partial charge in [-0.2, -0.15) is 5.26 Å². The lowest BCUT2D eigenvalue weighted by Gasteiger charge is -2.36. The Morgan fingerprint density at radius 3 is 2.38 bits per heavy atom. The number of carbonyl (C=O) groups is 1.